The second-order valence-electron chi connectivity index (χ2n) is 5.84. The molecule has 1 heterocycles. The summed E-state index contributed by atoms with van der Waals surface area (Å²) in [4.78, 5) is 0. The van der Waals surface area contributed by atoms with Gasteiger partial charge in [-0.1, -0.05) is 30.2 Å². The van der Waals surface area contributed by atoms with Crippen LogP contribution in [0.25, 0.3) is 0 Å². The molecule has 1 aromatic carbocycles. The van der Waals surface area contributed by atoms with Crippen LogP contribution in [0.2, 0.25) is 5.02 Å². The van der Waals surface area contributed by atoms with Crippen LogP contribution in [0.3, 0.4) is 0 Å². The van der Waals surface area contributed by atoms with Gasteiger partial charge in [-0.05, 0) is 62.2 Å². The lowest BCUT2D eigenvalue weighted by atomic mass is 9.78. The van der Waals surface area contributed by atoms with E-state index in [0.29, 0.717) is 5.92 Å². The SMILES string of the molecule is COCCCC[C@H](c1cccc(Cl)c1F)[C@H]1CCCNC1. The molecule has 0 bridgehead atoms. The van der Waals surface area contributed by atoms with E-state index in [-0.39, 0.29) is 16.8 Å². The smallest absolute Gasteiger partial charge is 0.145 e. The first-order valence-corrected chi connectivity index (χ1v) is 8.25. The molecule has 0 aromatic heterocycles. The standard InChI is InChI=1S/C17H25ClFNO/c1-21-11-3-2-7-14(13-6-5-10-20-12-13)15-8-4-9-16(18)17(15)19/h4,8-9,13-14,20H,2-3,5-7,10-12H2,1H3/t13-,14-/m0/s1. The van der Waals surface area contributed by atoms with E-state index in [1.165, 1.54) is 6.42 Å². The molecule has 0 aliphatic carbocycles. The number of hydrogen-bond acceptors (Lipinski definition) is 2. The molecule has 1 aliphatic rings. The highest BCUT2D eigenvalue weighted by Crippen LogP contribution is 2.36. The van der Waals surface area contributed by atoms with E-state index in [4.69, 9.17) is 16.3 Å². The maximum Gasteiger partial charge on any atom is 0.145 e. The topological polar surface area (TPSA) is 21.3 Å². The Morgan fingerprint density at radius 1 is 1.43 bits per heavy atom. The van der Waals surface area contributed by atoms with Crippen molar-refractivity contribution in [2.24, 2.45) is 5.92 Å². The average molecular weight is 314 g/mol. The fourth-order valence-electron chi connectivity index (χ4n) is 3.28. The highest BCUT2D eigenvalue weighted by molar-refractivity contribution is 6.30. The van der Waals surface area contributed by atoms with Crippen LogP contribution in [0.1, 0.15) is 43.6 Å². The second kappa shape index (κ2) is 8.72. The Hall–Kier alpha value is -0.640. The van der Waals surface area contributed by atoms with Crippen LogP contribution in [0.5, 0.6) is 0 Å². The molecule has 1 fully saturated rings. The van der Waals surface area contributed by atoms with Gasteiger partial charge in [-0.2, -0.15) is 0 Å². The Balaban J connectivity index is 2.11. The molecule has 1 aliphatic heterocycles. The van der Waals surface area contributed by atoms with Gasteiger partial charge in [0.2, 0.25) is 0 Å². The Bertz CT molecular complexity index is 435. The fourth-order valence-corrected chi connectivity index (χ4v) is 3.47. The maximum atomic E-state index is 14.4. The number of unbranched alkanes of at least 4 members (excludes halogenated alkanes) is 1. The lowest BCUT2D eigenvalue weighted by Gasteiger charge is -2.31. The van der Waals surface area contributed by atoms with Crippen molar-refractivity contribution in [3.8, 4) is 0 Å². The molecular weight excluding hydrogens is 289 g/mol. The molecule has 0 unspecified atom stereocenters. The van der Waals surface area contributed by atoms with E-state index in [2.05, 4.69) is 5.32 Å². The van der Waals surface area contributed by atoms with Crippen molar-refractivity contribution >= 4 is 11.6 Å². The number of methoxy groups -OCH3 is 1. The van der Waals surface area contributed by atoms with Crippen molar-refractivity contribution in [3.05, 3.63) is 34.6 Å². The molecule has 21 heavy (non-hydrogen) atoms. The van der Waals surface area contributed by atoms with E-state index in [0.717, 1.165) is 50.9 Å². The van der Waals surface area contributed by atoms with Crippen LogP contribution in [-0.2, 0) is 4.74 Å². The quantitative estimate of drug-likeness (QED) is 0.754. The number of benzene rings is 1. The van der Waals surface area contributed by atoms with Crippen molar-refractivity contribution in [2.75, 3.05) is 26.8 Å². The van der Waals surface area contributed by atoms with Gasteiger partial charge in [0, 0.05) is 13.7 Å². The third kappa shape index (κ3) is 4.67. The van der Waals surface area contributed by atoms with Crippen LogP contribution >= 0.6 is 11.6 Å². The maximum absolute atomic E-state index is 14.4. The summed E-state index contributed by atoms with van der Waals surface area (Å²) in [6.07, 6.45) is 5.40. The Morgan fingerprint density at radius 2 is 2.29 bits per heavy atom. The molecule has 1 aromatic rings. The van der Waals surface area contributed by atoms with Crippen molar-refractivity contribution in [1.82, 2.24) is 5.32 Å². The van der Waals surface area contributed by atoms with E-state index in [9.17, 15) is 4.39 Å². The molecule has 4 heteroatoms. The molecular formula is C17H25ClFNO. The molecule has 2 atom stereocenters. The molecule has 118 valence electrons. The van der Waals surface area contributed by atoms with Gasteiger partial charge in [-0.15, -0.1) is 0 Å². The zero-order chi connectivity index (χ0) is 15.1. The van der Waals surface area contributed by atoms with Crippen LogP contribution in [0.4, 0.5) is 4.39 Å². The summed E-state index contributed by atoms with van der Waals surface area (Å²) in [5, 5.41) is 3.68. The zero-order valence-electron chi connectivity index (χ0n) is 12.7. The number of nitrogens with one attached hydrogen (secondary N) is 1. The highest BCUT2D eigenvalue weighted by atomic mass is 35.5. The van der Waals surface area contributed by atoms with Gasteiger partial charge < -0.3 is 10.1 Å². The normalized spacial score (nSPS) is 20.4. The zero-order valence-corrected chi connectivity index (χ0v) is 13.5. The molecule has 0 radical (unpaired) electrons. The third-order valence-electron chi connectivity index (χ3n) is 4.40. The lowest BCUT2D eigenvalue weighted by molar-refractivity contribution is 0.189. The first-order valence-electron chi connectivity index (χ1n) is 7.87. The number of hydrogen-bond donors (Lipinski definition) is 1. The van der Waals surface area contributed by atoms with E-state index >= 15 is 0 Å². The van der Waals surface area contributed by atoms with Gasteiger partial charge in [-0.3, -0.25) is 0 Å². The summed E-state index contributed by atoms with van der Waals surface area (Å²) < 4.78 is 19.5. The van der Waals surface area contributed by atoms with Crippen LogP contribution in [-0.4, -0.2) is 26.8 Å². The predicted octanol–water partition coefficient (Wildman–Crippen LogP) is 4.38. The van der Waals surface area contributed by atoms with Gasteiger partial charge in [0.15, 0.2) is 0 Å². The largest absolute Gasteiger partial charge is 0.385 e. The molecule has 1 N–H and O–H groups in total. The lowest BCUT2D eigenvalue weighted by Crippen LogP contribution is -2.33. The number of piperidine rings is 1. The molecule has 0 saturated carbocycles. The third-order valence-corrected chi connectivity index (χ3v) is 4.69. The molecule has 2 nitrogen and oxygen atoms in total. The summed E-state index contributed by atoms with van der Waals surface area (Å²) in [7, 11) is 1.72. The summed E-state index contributed by atoms with van der Waals surface area (Å²) in [6.45, 7) is 2.82. The minimum atomic E-state index is -0.235. The van der Waals surface area contributed by atoms with Crippen molar-refractivity contribution in [3.63, 3.8) is 0 Å². The Kier molecular flexibility index (Phi) is 6.94. The number of rotatable bonds is 7. The average Bonchev–Trinajstić information content (AvgIpc) is 2.52. The summed E-state index contributed by atoms with van der Waals surface area (Å²) in [6, 6.07) is 5.39. The minimum Gasteiger partial charge on any atom is -0.385 e. The van der Waals surface area contributed by atoms with Crippen molar-refractivity contribution < 1.29 is 9.13 Å². The van der Waals surface area contributed by atoms with Gasteiger partial charge in [0.25, 0.3) is 0 Å². The van der Waals surface area contributed by atoms with Gasteiger partial charge in [0.05, 0.1) is 5.02 Å². The monoisotopic (exact) mass is 313 g/mol. The Labute approximate surface area is 132 Å². The van der Waals surface area contributed by atoms with Crippen LogP contribution < -0.4 is 5.32 Å². The van der Waals surface area contributed by atoms with Crippen molar-refractivity contribution in [1.29, 1.82) is 0 Å². The second-order valence-corrected chi connectivity index (χ2v) is 6.25. The Morgan fingerprint density at radius 3 is 3.00 bits per heavy atom. The number of ether oxygens (including phenoxy) is 1. The molecule has 0 spiro atoms. The van der Waals surface area contributed by atoms with Gasteiger partial charge in [0.1, 0.15) is 5.82 Å². The van der Waals surface area contributed by atoms with Crippen LogP contribution in [0, 0.1) is 11.7 Å². The summed E-state index contributed by atoms with van der Waals surface area (Å²) >= 11 is 5.97. The summed E-state index contributed by atoms with van der Waals surface area (Å²) in [5.41, 5.74) is 0.786. The summed E-state index contributed by atoms with van der Waals surface area (Å²) in [5.74, 6) is 0.504. The number of halogens is 2. The highest BCUT2D eigenvalue weighted by Gasteiger charge is 2.27. The predicted molar refractivity (Wildman–Crippen MR) is 85.5 cm³/mol. The fraction of sp³-hybridized carbons (Fsp3) is 0.647. The minimum absolute atomic E-state index is 0.234. The van der Waals surface area contributed by atoms with E-state index in [1.54, 1.807) is 13.2 Å². The van der Waals surface area contributed by atoms with Crippen molar-refractivity contribution in [2.45, 2.75) is 38.0 Å². The van der Waals surface area contributed by atoms with Gasteiger partial charge in [-0.25, -0.2) is 4.39 Å². The molecule has 2 rings (SSSR count). The van der Waals surface area contributed by atoms with E-state index < -0.39 is 0 Å². The van der Waals surface area contributed by atoms with E-state index in [1.807, 2.05) is 12.1 Å². The first kappa shape index (κ1) is 16.7. The molecule has 1 saturated heterocycles. The first-order chi connectivity index (χ1) is 10.2. The van der Waals surface area contributed by atoms with Crippen LogP contribution in [0.15, 0.2) is 18.2 Å². The van der Waals surface area contributed by atoms with Gasteiger partial charge >= 0.3 is 0 Å². The molecule has 0 amide bonds.